The Hall–Kier alpha value is -1.86. The highest BCUT2D eigenvalue weighted by Crippen LogP contribution is 2.15. The summed E-state index contributed by atoms with van der Waals surface area (Å²) >= 11 is 0. The van der Waals surface area contributed by atoms with Crippen LogP contribution in [0.3, 0.4) is 0 Å². The Morgan fingerprint density at radius 3 is 2.71 bits per heavy atom. The molecule has 0 aliphatic rings. The zero-order valence-electron chi connectivity index (χ0n) is 12.1. The van der Waals surface area contributed by atoms with Gasteiger partial charge in [0.15, 0.2) is 11.6 Å². The highest BCUT2D eigenvalue weighted by molar-refractivity contribution is 5.20. The minimum absolute atomic E-state index is 0.173. The molecule has 1 unspecified atom stereocenters. The van der Waals surface area contributed by atoms with Crippen molar-refractivity contribution in [3.05, 3.63) is 47.5 Å². The van der Waals surface area contributed by atoms with Crippen LogP contribution in [0.15, 0.2) is 24.5 Å². The first-order valence-corrected chi connectivity index (χ1v) is 6.80. The zero-order chi connectivity index (χ0) is 15.4. The number of hydrazine groups is 1. The van der Waals surface area contributed by atoms with Crippen LogP contribution in [-0.2, 0) is 12.8 Å². The number of benzene rings is 1. The molecule has 114 valence electrons. The molecule has 5 nitrogen and oxygen atoms in total. The van der Waals surface area contributed by atoms with Gasteiger partial charge in [0.2, 0.25) is 0 Å². The number of halogens is 2. The molecule has 1 aromatic carbocycles. The van der Waals surface area contributed by atoms with Crippen molar-refractivity contribution in [2.45, 2.75) is 38.8 Å². The first-order chi connectivity index (χ1) is 10.0. The van der Waals surface area contributed by atoms with Gasteiger partial charge in [-0.25, -0.2) is 18.4 Å². The van der Waals surface area contributed by atoms with Gasteiger partial charge in [0.05, 0.1) is 0 Å². The maximum absolute atomic E-state index is 13.7. The highest BCUT2D eigenvalue weighted by Gasteiger charge is 2.17. The van der Waals surface area contributed by atoms with Gasteiger partial charge in [-0.2, -0.15) is 5.10 Å². The van der Waals surface area contributed by atoms with Gasteiger partial charge in [0, 0.05) is 18.5 Å². The lowest BCUT2D eigenvalue weighted by Gasteiger charge is -2.17. The molecular formula is C14H19F2N5. The highest BCUT2D eigenvalue weighted by atomic mass is 19.2. The van der Waals surface area contributed by atoms with E-state index >= 15 is 0 Å². The van der Waals surface area contributed by atoms with Gasteiger partial charge in [0.1, 0.15) is 12.2 Å². The molecule has 2 aromatic rings. The van der Waals surface area contributed by atoms with Crippen LogP contribution < -0.4 is 11.3 Å². The smallest absolute Gasteiger partial charge is 0.162 e. The second kappa shape index (κ2) is 6.73. The molecule has 0 fully saturated rings. The molecule has 0 amide bonds. The van der Waals surface area contributed by atoms with Gasteiger partial charge in [-0.1, -0.05) is 12.1 Å². The summed E-state index contributed by atoms with van der Waals surface area (Å²) in [6.07, 6.45) is 2.22. The van der Waals surface area contributed by atoms with E-state index in [0.717, 1.165) is 11.9 Å². The van der Waals surface area contributed by atoms with E-state index in [9.17, 15) is 8.78 Å². The summed E-state index contributed by atoms with van der Waals surface area (Å²) < 4.78 is 28.7. The number of nitrogens with one attached hydrogen (secondary N) is 1. The van der Waals surface area contributed by atoms with E-state index in [-0.39, 0.29) is 24.1 Å². The third-order valence-corrected chi connectivity index (χ3v) is 3.30. The van der Waals surface area contributed by atoms with E-state index in [2.05, 4.69) is 15.5 Å². The number of rotatable bonds is 6. The standard InChI is InChI=1S/C14H19F2N5/c1-9(2)21-13(18-8-19-21)7-11(20-17)6-10-4-3-5-12(15)14(10)16/h3-5,8-9,11,20H,6-7,17H2,1-2H3. The van der Waals surface area contributed by atoms with Crippen LogP contribution >= 0.6 is 0 Å². The van der Waals surface area contributed by atoms with Crippen molar-refractivity contribution in [3.63, 3.8) is 0 Å². The monoisotopic (exact) mass is 295 g/mol. The van der Waals surface area contributed by atoms with Gasteiger partial charge >= 0.3 is 0 Å². The summed E-state index contributed by atoms with van der Waals surface area (Å²) in [5.74, 6) is 4.60. The molecule has 2 rings (SSSR count). The Kier molecular flexibility index (Phi) is 4.98. The third kappa shape index (κ3) is 3.62. The van der Waals surface area contributed by atoms with Crippen LogP contribution in [0.5, 0.6) is 0 Å². The van der Waals surface area contributed by atoms with E-state index in [1.165, 1.54) is 12.4 Å². The number of hydrogen-bond donors (Lipinski definition) is 2. The fourth-order valence-electron chi connectivity index (χ4n) is 2.23. The summed E-state index contributed by atoms with van der Waals surface area (Å²) in [4.78, 5) is 4.20. The Balaban J connectivity index is 2.13. The predicted molar refractivity (Wildman–Crippen MR) is 75.3 cm³/mol. The molecule has 0 aliphatic heterocycles. The van der Waals surface area contributed by atoms with Gasteiger partial charge < -0.3 is 0 Å². The van der Waals surface area contributed by atoms with E-state index < -0.39 is 11.6 Å². The largest absolute Gasteiger partial charge is 0.271 e. The van der Waals surface area contributed by atoms with Gasteiger partial charge in [0.25, 0.3) is 0 Å². The topological polar surface area (TPSA) is 68.8 Å². The Morgan fingerprint density at radius 2 is 2.05 bits per heavy atom. The van der Waals surface area contributed by atoms with Crippen LogP contribution in [0.25, 0.3) is 0 Å². The van der Waals surface area contributed by atoms with Gasteiger partial charge in [-0.3, -0.25) is 11.3 Å². The Labute approximate surface area is 122 Å². The van der Waals surface area contributed by atoms with Crippen molar-refractivity contribution >= 4 is 0 Å². The van der Waals surface area contributed by atoms with E-state index in [4.69, 9.17) is 5.84 Å². The number of nitrogens with two attached hydrogens (primary N) is 1. The third-order valence-electron chi connectivity index (χ3n) is 3.30. The molecule has 1 atom stereocenters. The normalized spacial score (nSPS) is 12.9. The van der Waals surface area contributed by atoms with Crippen LogP contribution in [0.2, 0.25) is 0 Å². The van der Waals surface area contributed by atoms with Crippen molar-refractivity contribution in [2.24, 2.45) is 5.84 Å². The van der Waals surface area contributed by atoms with Crippen LogP contribution in [0.4, 0.5) is 8.78 Å². The molecule has 7 heteroatoms. The summed E-state index contributed by atoms with van der Waals surface area (Å²) in [7, 11) is 0. The minimum atomic E-state index is -0.853. The van der Waals surface area contributed by atoms with Crippen molar-refractivity contribution in [1.29, 1.82) is 0 Å². The van der Waals surface area contributed by atoms with E-state index in [1.807, 2.05) is 13.8 Å². The molecule has 21 heavy (non-hydrogen) atoms. The maximum atomic E-state index is 13.7. The Bertz CT molecular complexity index is 597. The number of aromatic nitrogens is 3. The Morgan fingerprint density at radius 1 is 1.29 bits per heavy atom. The maximum Gasteiger partial charge on any atom is 0.162 e. The van der Waals surface area contributed by atoms with Gasteiger partial charge in [-0.15, -0.1) is 0 Å². The lowest BCUT2D eigenvalue weighted by atomic mass is 10.0. The van der Waals surface area contributed by atoms with E-state index in [0.29, 0.717) is 6.42 Å². The van der Waals surface area contributed by atoms with Crippen LogP contribution in [0.1, 0.15) is 31.3 Å². The molecule has 1 aromatic heterocycles. The van der Waals surface area contributed by atoms with Gasteiger partial charge in [-0.05, 0) is 31.9 Å². The second-order valence-electron chi connectivity index (χ2n) is 5.20. The van der Waals surface area contributed by atoms with Crippen LogP contribution in [-0.4, -0.2) is 20.8 Å². The first-order valence-electron chi connectivity index (χ1n) is 6.80. The minimum Gasteiger partial charge on any atom is -0.271 e. The summed E-state index contributed by atoms with van der Waals surface area (Å²) in [6, 6.07) is 4.04. The lowest BCUT2D eigenvalue weighted by molar-refractivity contribution is 0.446. The lowest BCUT2D eigenvalue weighted by Crippen LogP contribution is -2.39. The summed E-state index contributed by atoms with van der Waals surface area (Å²) in [5, 5.41) is 4.14. The van der Waals surface area contributed by atoms with Crippen molar-refractivity contribution in [2.75, 3.05) is 0 Å². The summed E-state index contributed by atoms with van der Waals surface area (Å²) in [5.41, 5.74) is 2.92. The first kappa shape index (κ1) is 15.5. The average molecular weight is 295 g/mol. The molecule has 0 aliphatic carbocycles. The van der Waals surface area contributed by atoms with Crippen molar-refractivity contribution < 1.29 is 8.78 Å². The molecule has 0 bridgehead atoms. The zero-order valence-corrected chi connectivity index (χ0v) is 12.1. The fourth-order valence-corrected chi connectivity index (χ4v) is 2.23. The van der Waals surface area contributed by atoms with Crippen LogP contribution in [0, 0.1) is 11.6 Å². The fraction of sp³-hybridized carbons (Fsp3) is 0.429. The molecule has 0 saturated carbocycles. The van der Waals surface area contributed by atoms with Crippen molar-refractivity contribution in [3.8, 4) is 0 Å². The summed E-state index contributed by atoms with van der Waals surface area (Å²) in [6.45, 7) is 3.99. The molecule has 0 radical (unpaired) electrons. The second-order valence-corrected chi connectivity index (χ2v) is 5.20. The molecule has 1 heterocycles. The van der Waals surface area contributed by atoms with Crippen molar-refractivity contribution in [1.82, 2.24) is 20.2 Å². The molecular weight excluding hydrogens is 276 g/mol. The quantitative estimate of drug-likeness (QED) is 0.629. The molecule has 0 spiro atoms. The number of hydrogen-bond acceptors (Lipinski definition) is 4. The van der Waals surface area contributed by atoms with E-state index in [1.54, 1.807) is 10.7 Å². The number of nitrogens with zero attached hydrogens (tertiary/aromatic N) is 3. The SMILES string of the molecule is CC(C)n1ncnc1CC(Cc1cccc(F)c1F)NN. The molecule has 3 N–H and O–H groups in total. The predicted octanol–water partition coefficient (Wildman–Crippen LogP) is 1.75. The molecule has 0 saturated heterocycles. The average Bonchev–Trinajstić information content (AvgIpc) is 2.91.